The van der Waals surface area contributed by atoms with Crippen molar-refractivity contribution in [3.05, 3.63) is 102 Å². The summed E-state index contributed by atoms with van der Waals surface area (Å²) in [5.74, 6) is 1.05. The summed E-state index contributed by atoms with van der Waals surface area (Å²) in [6, 6.07) is 18.1. The van der Waals surface area contributed by atoms with Gasteiger partial charge >= 0.3 is 0 Å². The molecule has 0 aliphatic carbocycles. The number of aromatic nitrogens is 2. The predicted molar refractivity (Wildman–Crippen MR) is 129 cm³/mol. The van der Waals surface area contributed by atoms with E-state index >= 15 is 0 Å². The fourth-order valence-corrected chi connectivity index (χ4v) is 3.71. The molecule has 0 spiro atoms. The van der Waals surface area contributed by atoms with Crippen molar-refractivity contribution in [1.82, 2.24) is 9.66 Å². The Morgan fingerprint density at radius 1 is 1.10 bits per heavy atom. The normalized spacial score (nSPS) is 11.4. The Bertz CT molecular complexity index is 1350. The summed E-state index contributed by atoms with van der Waals surface area (Å²) >= 11 is 15.6. The van der Waals surface area contributed by atoms with Crippen LogP contribution in [-0.4, -0.2) is 15.9 Å². The molecule has 4 rings (SSSR count). The van der Waals surface area contributed by atoms with E-state index in [0.29, 0.717) is 39.1 Å². The zero-order chi connectivity index (χ0) is 22.0. The number of hydrogen-bond donors (Lipinski definition) is 0. The molecular formula is C23H16BrCl2N3O2. The number of fused-ring (bicyclic) bond motifs is 1. The van der Waals surface area contributed by atoms with Gasteiger partial charge in [-0.25, -0.2) is 4.98 Å². The molecule has 0 atom stereocenters. The zero-order valence-electron chi connectivity index (χ0n) is 16.3. The van der Waals surface area contributed by atoms with E-state index in [1.54, 1.807) is 37.4 Å². The maximum atomic E-state index is 12.8. The van der Waals surface area contributed by atoms with Crippen LogP contribution in [0.5, 0.6) is 5.75 Å². The van der Waals surface area contributed by atoms with Crippen molar-refractivity contribution in [3.63, 3.8) is 0 Å². The third kappa shape index (κ3) is 4.98. The van der Waals surface area contributed by atoms with Crippen LogP contribution < -0.4 is 10.3 Å². The second kappa shape index (κ2) is 9.22. The van der Waals surface area contributed by atoms with E-state index in [-0.39, 0.29) is 5.56 Å². The molecule has 156 valence electrons. The van der Waals surface area contributed by atoms with Crippen molar-refractivity contribution in [2.75, 3.05) is 0 Å². The lowest BCUT2D eigenvalue weighted by Gasteiger charge is -2.09. The van der Waals surface area contributed by atoms with E-state index in [1.165, 1.54) is 4.68 Å². The van der Waals surface area contributed by atoms with Crippen LogP contribution in [-0.2, 0) is 6.61 Å². The van der Waals surface area contributed by atoms with Gasteiger partial charge in [0, 0.05) is 9.50 Å². The number of aryl methyl sites for hydroxylation is 1. The summed E-state index contributed by atoms with van der Waals surface area (Å²) < 4.78 is 7.87. The lowest BCUT2D eigenvalue weighted by atomic mass is 10.2. The van der Waals surface area contributed by atoms with Crippen molar-refractivity contribution in [1.29, 1.82) is 0 Å². The van der Waals surface area contributed by atoms with E-state index in [1.807, 2.05) is 36.4 Å². The zero-order valence-corrected chi connectivity index (χ0v) is 19.4. The molecule has 31 heavy (non-hydrogen) atoms. The number of nitrogens with zero attached hydrogens (tertiary/aromatic N) is 3. The summed E-state index contributed by atoms with van der Waals surface area (Å²) in [7, 11) is 0. The highest BCUT2D eigenvalue weighted by Gasteiger charge is 2.08. The van der Waals surface area contributed by atoms with Gasteiger partial charge in [0.2, 0.25) is 0 Å². The molecule has 0 radical (unpaired) electrons. The van der Waals surface area contributed by atoms with E-state index in [4.69, 9.17) is 27.9 Å². The molecule has 0 saturated carbocycles. The average molecular weight is 517 g/mol. The van der Waals surface area contributed by atoms with Gasteiger partial charge in [-0.2, -0.15) is 9.78 Å². The summed E-state index contributed by atoms with van der Waals surface area (Å²) in [6.45, 7) is 2.11. The monoisotopic (exact) mass is 515 g/mol. The first-order valence-corrected chi connectivity index (χ1v) is 10.9. The van der Waals surface area contributed by atoms with E-state index < -0.39 is 0 Å². The second-order valence-electron chi connectivity index (χ2n) is 6.79. The fraction of sp³-hybridized carbons (Fsp3) is 0.0870. The molecule has 0 amide bonds. The van der Waals surface area contributed by atoms with Gasteiger partial charge in [-0.3, -0.25) is 4.79 Å². The molecule has 0 aliphatic heterocycles. The molecule has 8 heteroatoms. The maximum Gasteiger partial charge on any atom is 0.282 e. The minimum absolute atomic E-state index is 0.242. The number of rotatable bonds is 5. The molecule has 0 aliphatic rings. The van der Waals surface area contributed by atoms with Gasteiger partial charge in [-0.05, 0) is 66.6 Å². The van der Waals surface area contributed by atoms with Gasteiger partial charge in [0.1, 0.15) is 18.2 Å². The minimum Gasteiger partial charge on any atom is -0.487 e. The Morgan fingerprint density at radius 3 is 2.61 bits per heavy atom. The van der Waals surface area contributed by atoms with Crippen molar-refractivity contribution >= 4 is 56.2 Å². The van der Waals surface area contributed by atoms with E-state index in [0.717, 1.165) is 15.6 Å². The van der Waals surface area contributed by atoms with Gasteiger partial charge in [0.05, 0.1) is 22.1 Å². The summed E-state index contributed by atoms with van der Waals surface area (Å²) in [5, 5.41) is 5.93. The van der Waals surface area contributed by atoms with Crippen LogP contribution >= 0.6 is 39.1 Å². The van der Waals surface area contributed by atoms with Gasteiger partial charge in [0.15, 0.2) is 0 Å². The van der Waals surface area contributed by atoms with Crippen LogP contribution in [0.2, 0.25) is 10.0 Å². The van der Waals surface area contributed by atoms with Crippen molar-refractivity contribution in [2.45, 2.75) is 13.5 Å². The van der Waals surface area contributed by atoms with Crippen LogP contribution in [0, 0.1) is 6.92 Å². The third-order valence-electron chi connectivity index (χ3n) is 4.56. The Kier molecular flexibility index (Phi) is 6.41. The third-order valence-corrected chi connectivity index (χ3v) is 5.60. The molecule has 0 saturated heterocycles. The summed E-state index contributed by atoms with van der Waals surface area (Å²) in [5.41, 5.74) is 2.09. The van der Waals surface area contributed by atoms with Gasteiger partial charge in [-0.1, -0.05) is 51.3 Å². The number of ether oxygens (including phenoxy) is 1. The van der Waals surface area contributed by atoms with E-state index in [2.05, 4.69) is 26.0 Å². The minimum atomic E-state index is -0.242. The molecular weight excluding hydrogens is 501 g/mol. The lowest BCUT2D eigenvalue weighted by Crippen LogP contribution is -2.20. The van der Waals surface area contributed by atoms with Crippen molar-refractivity contribution < 1.29 is 4.74 Å². The highest BCUT2D eigenvalue weighted by Crippen LogP contribution is 2.26. The molecule has 5 nitrogen and oxygen atoms in total. The Labute approximate surface area is 197 Å². The predicted octanol–water partition coefficient (Wildman–Crippen LogP) is 6.24. The molecule has 0 N–H and O–H groups in total. The topological polar surface area (TPSA) is 56.5 Å². The Hall–Kier alpha value is -2.67. The molecule has 0 unspecified atom stereocenters. The quantitative estimate of drug-likeness (QED) is 0.295. The maximum absolute atomic E-state index is 12.8. The molecule has 4 aromatic rings. The lowest BCUT2D eigenvalue weighted by molar-refractivity contribution is 0.306. The summed E-state index contributed by atoms with van der Waals surface area (Å²) in [4.78, 5) is 17.3. The fourth-order valence-electron chi connectivity index (χ4n) is 2.98. The summed E-state index contributed by atoms with van der Waals surface area (Å²) in [6.07, 6.45) is 1.56. The van der Waals surface area contributed by atoms with Crippen LogP contribution in [0.4, 0.5) is 0 Å². The molecule has 3 aromatic carbocycles. The first-order valence-electron chi connectivity index (χ1n) is 9.31. The number of hydrogen-bond acceptors (Lipinski definition) is 4. The standard InChI is InChI=1S/C23H16BrCl2N3O2/c1-14-28-21-8-5-17(24)11-19(21)23(30)29(14)27-12-16-4-9-22(20(26)10-16)31-13-15-2-6-18(25)7-3-15/h2-12H,13H2,1H3. The molecule has 1 heterocycles. The van der Waals surface area contributed by atoms with Gasteiger partial charge in [-0.15, -0.1) is 0 Å². The van der Waals surface area contributed by atoms with Crippen LogP contribution in [0.15, 0.2) is 75.0 Å². The average Bonchev–Trinajstić information content (AvgIpc) is 2.75. The Balaban J connectivity index is 1.55. The number of halogens is 3. The number of benzene rings is 3. The highest BCUT2D eigenvalue weighted by molar-refractivity contribution is 9.10. The van der Waals surface area contributed by atoms with Crippen LogP contribution in [0.1, 0.15) is 17.0 Å². The van der Waals surface area contributed by atoms with Crippen LogP contribution in [0.3, 0.4) is 0 Å². The Morgan fingerprint density at radius 2 is 1.87 bits per heavy atom. The van der Waals surface area contributed by atoms with Gasteiger partial charge < -0.3 is 4.74 Å². The SMILES string of the molecule is Cc1nc2ccc(Br)cc2c(=O)n1N=Cc1ccc(OCc2ccc(Cl)cc2)c(Cl)c1. The van der Waals surface area contributed by atoms with E-state index in [9.17, 15) is 4.79 Å². The second-order valence-corrected chi connectivity index (χ2v) is 8.55. The van der Waals surface area contributed by atoms with Gasteiger partial charge in [0.25, 0.3) is 5.56 Å². The molecule has 1 aromatic heterocycles. The highest BCUT2D eigenvalue weighted by atomic mass is 79.9. The van der Waals surface area contributed by atoms with Crippen LogP contribution in [0.25, 0.3) is 10.9 Å². The smallest absolute Gasteiger partial charge is 0.282 e. The van der Waals surface area contributed by atoms with Crippen molar-refractivity contribution in [2.24, 2.45) is 5.10 Å². The first-order chi connectivity index (χ1) is 14.9. The molecule has 0 fully saturated rings. The largest absolute Gasteiger partial charge is 0.487 e. The first kappa shape index (κ1) is 21.6. The molecule has 0 bridgehead atoms. The van der Waals surface area contributed by atoms with Crippen molar-refractivity contribution in [3.8, 4) is 5.75 Å².